The first-order chi connectivity index (χ1) is 23.9. The van der Waals surface area contributed by atoms with Crippen LogP contribution in [-0.4, -0.2) is 71.7 Å². The Kier molecular flexibility index (Phi) is 11.5. The van der Waals surface area contributed by atoms with E-state index in [4.69, 9.17) is 18.9 Å². The standard InChI is InChI=1S/C38H41N3O8/c42-33-24-40(38-48-37(49-38)29-17-8-3-9-18-29)21-11-10-19-30(35(44)46-25-27-13-4-1-5-14-27)23-31(39-34(43)32-20-12-22-41(32)33)36(45)47-26-28-15-6-2-7-16-28/h1-11,13-18,30-32,37-38H,12,19-26H2,(H,39,43)/b11-10+/t30-,31-,32-,37?,38?/m0/s1. The van der Waals surface area contributed by atoms with Crippen molar-refractivity contribution in [3.63, 3.8) is 0 Å². The van der Waals surface area contributed by atoms with E-state index in [9.17, 15) is 19.2 Å². The summed E-state index contributed by atoms with van der Waals surface area (Å²) in [6.07, 6.45) is 3.60. The molecule has 3 aromatic carbocycles. The van der Waals surface area contributed by atoms with Gasteiger partial charge in [-0.3, -0.25) is 14.4 Å². The van der Waals surface area contributed by atoms with Gasteiger partial charge in [-0.25, -0.2) is 9.69 Å². The van der Waals surface area contributed by atoms with Crippen LogP contribution in [0.15, 0.2) is 103 Å². The summed E-state index contributed by atoms with van der Waals surface area (Å²) in [5, 5.41) is 2.84. The molecule has 0 unspecified atom stereocenters. The molecule has 3 aliphatic heterocycles. The summed E-state index contributed by atoms with van der Waals surface area (Å²) in [5.74, 6) is -2.65. The maximum absolute atomic E-state index is 13.8. The molecule has 6 rings (SSSR count). The molecule has 0 saturated carbocycles. The molecule has 1 N–H and O–H groups in total. The zero-order chi connectivity index (χ0) is 34.0. The minimum atomic E-state index is -1.14. The van der Waals surface area contributed by atoms with Gasteiger partial charge in [-0.15, -0.1) is 0 Å². The number of rotatable bonds is 8. The molecule has 0 radical (unpaired) electrons. The number of nitrogens with one attached hydrogen (secondary N) is 1. The molecule has 3 atom stereocenters. The third-order valence-electron chi connectivity index (χ3n) is 8.89. The summed E-state index contributed by atoms with van der Waals surface area (Å²) in [6.45, 7) is 0.718. The Morgan fingerprint density at radius 3 is 2.06 bits per heavy atom. The molecule has 3 heterocycles. The van der Waals surface area contributed by atoms with E-state index < -0.39 is 48.6 Å². The molecule has 49 heavy (non-hydrogen) atoms. The van der Waals surface area contributed by atoms with Gasteiger partial charge in [-0.05, 0) is 36.8 Å². The molecule has 0 spiro atoms. The van der Waals surface area contributed by atoms with E-state index >= 15 is 0 Å². The lowest BCUT2D eigenvalue weighted by Crippen LogP contribution is -2.55. The Hall–Kier alpha value is -4.84. The number of carbonyl (C=O) groups excluding carboxylic acids is 4. The van der Waals surface area contributed by atoms with Crippen molar-refractivity contribution in [2.75, 3.05) is 19.6 Å². The van der Waals surface area contributed by atoms with Crippen LogP contribution in [0.3, 0.4) is 0 Å². The predicted octanol–water partition coefficient (Wildman–Crippen LogP) is 4.25. The van der Waals surface area contributed by atoms with E-state index in [2.05, 4.69) is 5.32 Å². The normalized spacial score (nSPS) is 25.6. The largest absolute Gasteiger partial charge is 0.461 e. The van der Waals surface area contributed by atoms with Crippen molar-refractivity contribution in [3.05, 3.63) is 120 Å². The topological polar surface area (TPSA) is 124 Å². The number of fused-ring (bicyclic) bond motifs is 1. The van der Waals surface area contributed by atoms with Gasteiger partial charge in [0.1, 0.15) is 25.3 Å². The lowest BCUT2D eigenvalue weighted by Gasteiger charge is -2.42. The minimum absolute atomic E-state index is 0.00930. The van der Waals surface area contributed by atoms with E-state index in [1.807, 2.05) is 103 Å². The molecule has 3 aromatic rings. The molecule has 2 amide bonds. The molecule has 11 nitrogen and oxygen atoms in total. The smallest absolute Gasteiger partial charge is 0.328 e. The van der Waals surface area contributed by atoms with Crippen LogP contribution in [0.2, 0.25) is 0 Å². The molecular weight excluding hydrogens is 626 g/mol. The first-order valence-corrected chi connectivity index (χ1v) is 16.7. The van der Waals surface area contributed by atoms with Crippen molar-refractivity contribution in [1.82, 2.24) is 15.1 Å². The van der Waals surface area contributed by atoms with Gasteiger partial charge in [-0.2, -0.15) is 0 Å². The van der Waals surface area contributed by atoms with Gasteiger partial charge in [0.25, 0.3) is 0 Å². The average Bonchev–Trinajstić information content (AvgIpc) is 3.61. The van der Waals surface area contributed by atoms with Crippen molar-refractivity contribution < 1.29 is 38.1 Å². The summed E-state index contributed by atoms with van der Waals surface area (Å²) in [5.41, 5.74) is 2.49. The lowest BCUT2D eigenvalue weighted by molar-refractivity contribution is -0.433. The number of carbonyl (C=O) groups is 4. The Labute approximate surface area is 285 Å². The summed E-state index contributed by atoms with van der Waals surface area (Å²) in [7, 11) is 0. The van der Waals surface area contributed by atoms with Gasteiger partial charge in [0.15, 0.2) is 6.29 Å². The van der Waals surface area contributed by atoms with Gasteiger partial charge >= 0.3 is 11.9 Å². The third-order valence-corrected chi connectivity index (χ3v) is 8.89. The highest BCUT2D eigenvalue weighted by atomic mass is 16.9. The van der Waals surface area contributed by atoms with Crippen molar-refractivity contribution in [2.24, 2.45) is 5.92 Å². The van der Waals surface area contributed by atoms with E-state index in [-0.39, 0.29) is 45.1 Å². The number of allylic oxidation sites excluding steroid dienone is 1. The van der Waals surface area contributed by atoms with Crippen molar-refractivity contribution >= 4 is 23.8 Å². The first-order valence-electron chi connectivity index (χ1n) is 16.7. The van der Waals surface area contributed by atoms with Crippen LogP contribution < -0.4 is 5.32 Å². The van der Waals surface area contributed by atoms with E-state index in [0.717, 1.165) is 16.7 Å². The second kappa shape index (κ2) is 16.5. The second-order valence-corrected chi connectivity index (χ2v) is 12.4. The molecule has 2 fully saturated rings. The fourth-order valence-corrected chi connectivity index (χ4v) is 6.19. The van der Waals surface area contributed by atoms with Gasteiger partial charge in [0.05, 0.1) is 12.5 Å². The quantitative estimate of drug-likeness (QED) is 0.278. The molecule has 256 valence electrons. The molecule has 2 saturated heterocycles. The van der Waals surface area contributed by atoms with Crippen molar-refractivity contribution in [1.29, 1.82) is 0 Å². The predicted molar refractivity (Wildman–Crippen MR) is 178 cm³/mol. The molecule has 3 aliphatic rings. The number of ether oxygens (including phenoxy) is 4. The zero-order valence-corrected chi connectivity index (χ0v) is 27.2. The van der Waals surface area contributed by atoms with Crippen LogP contribution in [0.1, 0.15) is 48.7 Å². The number of amides is 2. The van der Waals surface area contributed by atoms with E-state index in [1.165, 1.54) is 0 Å². The summed E-state index contributed by atoms with van der Waals surface area (Å²) >= 11 is 0. The number of nitrogens with zero attached hydrogens (tertiary/aromatic N) is 2. The maximum Gasteiger partial charge on any atom is 0.328 e. The van der Waals surface area contributed by atoms with Crippen LogP contribution in [0.5, 0.6) is 0 Å². The van der Waals surface area contributed by atoms with Gasteiger partial charge in [0.2, 0.25) is 18.2 Å². The van der Waals surface area contributed by atoms with Crippen LogP contribution >= 0.6 is 0 Å². The molecule has 0 aliphatic carbocycles. The number of esters is 2. The first kappa shape index (κ1) is 34.0. The summed E-state index contributed by atoms with van der Waals surface area (Å²) in [6, 6.07) is 26.2. The molecule has 11 heteroatoms. The molecule has 0 aromatic heterocycles. The summed E-state index contributed by atoms with van der Waals surface area (Å²) in [4.78, 5) is 57.8. The molecular formula is C38H41N3O8. The van der Waals surface area contributed by atoms with E-state index in [0.29, 0.717) is 19.4 Å². The van der Waals surface area contributed by atoms with Crippen molar-refractivity contribution in [2.45, 2.75) is 63.7 Å². The Morgan fingerprint density at radius 2 is 1.41 bits per heavy atom. The van der Waals surface area contributed by atoms with E-state index in [1.54, 1.807) is 9.80 Å². The minimum Gasteiger partial charge on any atom is -0.461 e. The third kappa shape index (κ3) is 9.00. The second-order valence-electron chi connectivity index (χ2n) is 12.4. The average molecular weight is 668 g/mol. The Bertz CT molecular complexity index is 1600. The fourth-order valence-electron chi connectivity index (χ4n) is 6.19. The van der Waals surface area contributed by atoms with Crippen LogP contribution in [0.25, 0.3) is 0 Å². The monoisotopic (exact) mass is 667 g/mol. The highest BCUT2D eigenvalue weighted by molar-refractivity contribution is 5.92. The highest BCUT2D eigenvalue weighted by Gasteiger charge is 2.41. The highest BCUT2D eigenvalue weighted by Crippen LogP contribution is 2.33. The Morgan fingerprint density at radius 1 is 0.796 bits per heavy atom. The van der Waals surface area contributed by atoms with Gasteiger partial charge in [0, 0.05) is 18.7 Å². The van der Waals surface area contributed by atoms with Crippen LogP contribution in [-0.2, 0) is 51.3 Å². The fraction of sp³-hybridized carbons (Fsp3) is 0.368. The summed E-state index contributed by atoms with van der Waals surface area (Å²) < 4.78 is 23.4. The Balaban J connectivity index is 1.21. The lowest BCUT2D eigenvalue weighted by atomic mass is 9.95. The van der Waals surface area contributed by atoms with Crippen LogP contribution in [0, 0.1) is 5.92 Å². The van der Waals surface area contributed by atoms with Crippen molar-refractivity contribution in [3.8, 4) is 0 Å². The van der Waals surface area contributed by atoms with Gasteiger partial charge in [-0.1, -0.05) is 103 Å². The van der Waals surface area contributed by atoms with Crippen LogP contribution in [0.4, 0.5) is 0 Å². The maximum atomic E-state index is 13.8. The SMILES string of the molecule is O=C(OCc1ccccc1)[C@H]1C/C=C/CN(C2OC(c3ccccc3)O2)CC(=O)N2CCC[C@H]2C(=O)N[C@H](C(=O)OCc2ccccc2)C1. The number of hydrogen-bond acceptors (Lipinski definition) is 9. The number of benzene rings is 3. The van der Waals surface area contributed by atoms with Gasteiger partial charge < -0.3 is 29.2 Å². The zero-order valence-electron chi connectivity index (χ0n) is 27.2. The molecule has 0 bridgehead atoms. The number of hydrogen-bond donors (Lipinski definition) is 1.